The van der Waals surface area contributed by atoms with Gasteiger partial charge in [-0.05, 0) is 30.9 Å². The van der Waals surface area contributed by atoms with E-state index in [0.717, 1.165) is 10.9 Å². The lowest BCUT2D eigenvalue weighted by molar-refractivity contribution is -0.147. The number of aliphatic carboxylic acids is 2. The predicted octanol–water partition coefficient (Wildman–Crippen LogP) is -0.522. The van der Waals surface area contributed by atoms with E-state index in [1.165, 1.54) is 6.92 Å². The molecule has 3 amide bonds. The molecule has 0 fully saturated rings. The van der Waals surface area contributed by atoms with Gasteiger partial charge in [-0.25, -0.2) is 4.79 Å². The van der Waals surface area contributed by atoms with Gasteiger partial charge in [0.05, 0.1) is 12.5 Å². The minimum absolute atomic E-state index is 0.0148. The highest BCUT2D eigenvalue weighted by Gasteiger charge is 2.32. The third-order valence-electron chi connectivity index (χ3n) is 5.89. The summed E-state index contributed by atoms with van der Waals surface area (Å²) in [6.45, 7) is 4.90. The molecule has 0 bridgehead atoms. The first-order valence-electron chi connectivity index (χ1n) is 12.1. The number of hydrogen-bond donors (Lipinski definition) is 8. The number of H-pyrrole nitrogens is 1. The van der Waals surface area contributed by atoms with Gasteiger partial charge in [0.2, 0.25) is 17.7 Å². The molecule has 208 valence electrons. The van der Waals surface area contributed by atoms with E-state index in [1.807, 2.05) is 24.3 Å². The van der Waals surface area contributed by atoms with Gasteiger partial charge in [0.15, 0.2) is 0 Å². The number of aliphatic hydroxyl groups is 1. The van der Waals surface area contributed by atoms with Gasteiger partial charge in [0.1, 0.15) is 24.2 Å². The number of hydrogen-bond acceptors (Lipinski definition) is 7. The summed E-state index contributed by atoms with van der Waals surface area (Å²) in [5.41, 5.74) is 7.25. The summed E-state index contributed by atoms with van der Waals surface area (Å²) >= 11 is 0. The van der Waals surface area contributed by atoms with E-state index in [2.05, 4.69) is 20.9 Å². The SMILES string of the molecule is CC(C)CC(NC(=O)C(Cc1c[nH]c2ccccc12)NC(=O)C(N)C(C)O)C(=O)NC(CC(=O)O)C(=O)O. The number of carbonyl (C=O) groups is 5. The van der Waals surface area contributed by atoms with Gasteiger partial charge in [-0.2, -0.15) is 0 Å². The molecule has 0 saturated heterocycles. The average Bonchev–Trinajstić information content (AvgIpc) is 3.24. The zero-order valence-corrected chi connectivity index (χ0v) is 21.4. The molecule has 0 saturated carbocycles. The minimum Gasteiger partial charge on any atom is -0.481 e. The number of carboxylic acids is 2. The maximum absolute atomic E-state index is 13.4. The largest absolute Gasteiger partial charge is 0.481 e. The summed E-state index contributed by atoms with van der Waals surface area (Å²) in [6, 6.07) is 1.90. The van der Waals surface area contributed by atoms with Gasteiger partial charge in [0, 0.05) is 23.5 Å². The van der Waals surface area contributed by atoms with Crippen molar-refractivity contribution >= 4 is 40.6 Å². The highest BCUT2D eigenvalue weighted by atomic mass is 16.4. The molecular weight excluding hydrogens is 498 g/mol. The smallest absolute Gasteiger partial charge is 0.326 e. The van der Waals surface area contributed by atoms with Gasteiger partial charge in [-0.1, -0.05) is 32.0 Å². The third-order valence-corrected chi connectivity index (χ3v) is 5.89. The topological polar surface area (TPSA) is 224 Å². The molecule has 0 radical (unpaired) electrons. The first-order chi connectivity index (χ1) is 17.8. The number of nitrogens with two attached hydrogens (primary N) is 1. The first kappa shape index (κ1) is 30.3. The second kappa shape index (κ2) is 13.5. The summed E-state index contributed by atoms with van der Waals surface area (Å²) in [5, 5.41) is 36.0. The van der Waals surface area contributed by atoms with Crippen molar-refractivity contribution in [2.24, 2.45) is 11.7 Å². The molecule has 2 aromatic rings. The van der Waals surface area contributed by atoms with Crippen LogP contribution in [0.5, 0.6) is 0 Å². The highest BCUT2D eigenvalue weighted by Crippen LogP contribution is 2.19. The molecule has 1 aromatic carbocycles. The fourth-order valence-electron chi connectivity index (χ4n) is 3.84. The van der Waals surface area contributed by atoms with E-state index in [0.29, 0.717) is 5.56 Å². The molecule has 13 nitrogen and oxygen atoms in total. The van der Waals surface area contributed by atoms with Crippen LogP contribution in [-0.4, -0.2) is 80.2 Å². The van der Waals surface area contributed by atoms with Crippen LogP contribution in [0.15, 0.2) is 30.5 Å². The highest BCUT2D eigenvalue weighted by molar-refractivity contribution is 5.95. The maximum Gasteiger partial charge on any atom is 0.326 e. The molecule has 5 unspecified atom stereocenters. The number of carbonyl (C=O) groups excluding carboxylic acids is 3. The molecule has 5 atom stereocenters. The number of benzene rings is 1. The van der Waals surface area contributed by atoms with Crippen molar-refractivity contribution in [3.63, 3.8) is 0 Å². The Kier molecular flexibility index (Phi) is 10.8. The lowest BCUT2D eigenvalue weighted by Crippen LogP contribution is -2.58. The van der Waals surface area contributed by atoms with Crippen LogP contribution in [0.25, 0.3) is 10.9 Å². The van der Waals surface area contributed by atoms with Crippen LogP contribution in [0.3, 0.4) is 0 Å². The molecule has 0 aliphatic heterocycles. The standard InChI is InChI=1S/C25H35N5O8/c1-12(2)8-17(22(34)30-19(25(37)38)10-20(32)33)28-23(35)18(29-24(36)21(26)13(3)31)9-14-11-27-16-7-5-4-6-15(14)16/h4-7,11-13,17-19,21,27,31H,8-10,26H2,1-3H3,(H,28,35)(H,29,36)(H,30,34)(H,32,33)(H,37,38). The zero-order valence-electron chi connectivity index (χ0n) is 21.4. The van der Waals surface area contributed by atoms with E-state index < -0.39 is 66.4 Å². The summed E-state index contributed by atoms with van der Waals surface area (Å²) in [7, 11) is 0. The fourth-order valence-corrected chi connectivity index (χ4v) is 3.84. The molecule has 1 aromatic heterocycles. The van der Waals surface area contributed by atoms with Gasteiger partial charge >= 0.3 is 11.9 Å². The lowest BCUT2D eigenvalue weighted by Gasteiger charge is -2.26. The Morgan fingerprint density at radius 2 is 1.47 bits per heavy atom. The molecule has 0 spiro atoms. The van der Waals surface area contributed by atoms with E-state index in [-0.39, 0.29) is 18.8 Å². The van der Waals surface area contributed by atoms with Gasteiger partial charge in [-0.15, -0.1) is 0 Å². The van der Waals surface area contributed by atoms with Crippen LogP contribution in [-0.2, 0) is 30.4 Å². The van der Waals surface area contributed by atoms with Crippen molar-refractivity contribution in [1.29, 1.82) is 0 Å². The molecule has 0 aliphatic rings. The number of nitrogens with one attached hydrogen (secondary N) is 4. The van der Waals surface area contributed by atoms with Crippen LogP contribution in [0, 0.1) is 5.92 Å². The van der Waals surface area contributed by atoms with Crippen LogP contribution in [0.4, 0.5) is 0 Å². The summed E-state index contributed by atoms with van der Waals surface area (Å²) in [5.74, 6) is -5.47. The average molecular weight is 534 g/mol. The Bertz CT molecular complexity index is 1160. The third kappa shape index (κ3) is 8.56. The van der Waals surface area contributed by atoms with E-state index in [1.54, 1.807) is 20.0 Å². The van der Waals surface area contributed by atoms with Crippen molar-refractivity contribution in [1.82, 2.24) is 20.9 Å². The molecular formula is C25H35N5O8. The Hall–Kier alpha value is -3.97. The lowest BCUT2D eigenvalue weighted by atomic mass is 10.00. The number of fused-ring (bicyclic) bond motifs is 1. The number of carboxylic acid groups (broad SMARTS) is 2. The minimum atomic E-state index is -1.70. The number of amides is 3. The second-order valence-electron chi connectivity index (χ2n) is 9.58. The van der Waals surface area contributed by atoms with Crippen molar-refractivity contribution in [3.8, 4) is 0 Å². The van der Waals surface area contributed by atoms with E-state index >= 15 is 0 Å². The van der Waals surface area contributed by atoms with E-state index in [9.17, 15) is 34.2 Å². The maximum atomic E-state index is 13.4. The quantitative estimate of drug-likeness (QED) is 0.156. The van der Waals surface area contributed by atoms with Gasteiger partial charge in [-0.3, -0.25) is 19.2 Å². The van der Waals surface area contributed by atoms with Crippen molar-refractivity contribution < 1.29 is 39.3 Å². The van der Waals surface area contributed by atoms with Crippen molar-refractivity contribution in [2.75, 3.05) is 0 Å². The summed E-state index contributed by atoms with van der Waals surface area (Å²) in [6.07, 6.45) is -0.222. The van der Waals surface area contributed by atoms with Crippen LogP contribution < -0.4 is 21.7 Å². The zero-order chi connectivity index (χ0) is 28.6. The molecule has 13 heteroatoms. The van der Waals surface area contributed by atoms with Crippen molar-refractivity contribution in [3.05, 3.63) is 36.0 Å². The number of aliphatic hydroxyl groups excluding tert-OH is 1. The monoisotopic (exact) mass is 533 g/mol. The Labute approximate surface area is 219 Å². The normalized spacial score (nSPS) is 15.2. The Morgan fingerprint density at radius 3 is 2.05 bits per heavy atom. The molecule has 9 N–H and O–H groups in total. The van der Waals surface area contributed by atoms with Crippen molar-refractivity contribution in [2.45, 2.75) is 70.3 Å². The Morgan fingerprint density at radius 1 is 0.895 bits per heavy atom. The molecule has 0 aliphatic carbocycles. The Balaban J connectivity index is 2.31. The molecule has 38 heavy (non-hydrogen) atoms. The molecule has 1 heterocycles. The number of rotatable bonds is 14. The molecule has 2 rings (SSSR count). The second-order valence-corrected chi connectivity index (χ2v) is 9.58. The summed E-state index contributed by atoms with van der Waals surface area (Å²) < 4.78 is 0. The fraction of sp³-hybridized carbons (Fsp3) is 0.480. The number of para-hydroxylation sites is 1. The van der Waals surface area contributed by atoms with Gasteiger partial charge in [0.25, 0.3) is 0 Å². The number of aromatic amines is 1. The number of aromatic nitrogens is 1. The van der Waals surface area contributed by atoms with Crippen LogP contribution >= 0.6 is 0 Å². The summed E-state index contributed by atoms with van der Waals surface area (Å²) in [4.78, 5) is 64.5. The van der Waals surface area contributed by atoms with Crippen LogP contribution in [0.2, 0.25) is 0 Å². The predicted molar refractivity (Wildman–Crippen MR) is 137 cm³/mol. The van der Waals surface area contributed by atoms with Gasteiger partial charge < -0.3 is 42.0 Å². The van der Waals surface area contributed by atoms with Crippen LogP contribution in [0.1, 0.15) is 39.2 Å². The van der Waals surface area contributed by atoms with E-state index in [4.69, 9.17) is 10.8 Å². The first-order valence-corrected chi connectivity index (χ1v) is 12.1.